The van der Waals surface area contributed by atoms with Gasteiger partial charge in [0.2, 0.25) is 0 Å². The maximum atomic E-state index is 11.8. The van der Waals surface area contributed by atoms with Crippen LogP contribution in [-0.4, -0.2) is 18.2 Å². The molecule has 1 atom stereocenters. The van der Waals surface area contributed by atoms with Crippen molar-refractivity contribution < 1.29 is 14.3 Å². The van der Waals surface area contributed by atoms with E-state index in [9.17, 15) is 9.59 Å². The number of hydrogen-bond donors (Lipinski definition) is 0. The van der Waals surface area contributed by atoms with E-state index in [2.05, 4.69) is 0 Å². The second kappa shape index (κ2) is 6.18. The fourth-order valence-electron chi connectivity index (χ4n) is 1.37. The van der Waals surface area contributed by atoms with Crippen molar-refractivity contribution in [1.29, 1.82) is 0 Å². The van der Waals surface area contributed by atoms with Crippen LogP contribution in [0, 0.1) is 5.92 Å². The van der Waals surface area contributed by atoms with Gasteiger partial charge in [0.05, 0.1) is 12.5 Å². The van der Waals surface area contributed by atoms with Crippen molar-refractivity contribution >= 4 is 11.6 Å². The van der Waals surface area contributed by atoms with Crippen molar-refractivity contribution in [3.05, 3.63) is 29.8 Å². The summed E-state index contributed by atoms with van der Waals surface area (Å²) in [5.41, 5.74) is 0.552. The van der Waals surface area contributed by atoms with E-state index < -0.39 is 5.92 Å². The maximum absolute atomic E-state index is 11.8. The minimum absolute atomic E-state index is 0.110. The van der Waals surface area contributed by atoms with Crippen LogP contribution in [-0.2, 0) is 4.79 Å². The van der Waals surface area contributed by atoms with E-state index in [-0.39, 0.29) is 11.6 Å². The molecule has 0 bridgehead atoms. The van der Waals surface area contributed by atoms with Crippen molar-refractivity contribution in [2.24, 2.45) is 5.92 Å². The van der Waals surface area contributed by atoms with Crippen LogP contribution in [0.4, 0.5) is 0 Å². The van der Waals surface area contributed by atoms with Gasteiger partial charge in [0.15, 0.2) is 5.78 Å². The number of hydrogen-bond acceptors (Lipinski definition) is 3. The Morgan fingerprint density at radius 2 is 1.82 bits per heavy atom. The van der Waals surface area contributed by atoms with Gasteiger partial charge in [-0.15, -0.1) is 0 Å². The van der Waals surface area contributed by atoms with Crippen molar-refractivity contribution in [2.75, 3.05) is 6.61 Å². The predicted molar refractivity (Wildman–Crippen MR) is 66.4 cm³/mol. The topological polar surface area (TPSA) is 43.4 Å². The molecule has 1 aromatic rings. The summed E-state index contributed by atoms with van der Waals surface area (Å²) in [6.07, 6.45) is 0.946. The highest BCUT2D eigenvalue weighted by Gasteiger charge is 2.18. The lowest BCUT2D eigenvalue weighted by Crippen LogP contribution is -2.18. The van der Waals surface area contributed by atoms with Gasteiger partial charge in [-0.1, -0.05) is 6.92 Å². The number of benzene rings is 1. The molecule has 0 saturated heterocycles. The maximum Gasteiger partial charge on any atom is 0.173 e. The zero-order chi connectivity index (χ0) is 12.8. The molecule has 0 aliphatic rings. The number of Topliss-reactive ketones (excluding diaryl/α,β-unsaturated/α-hetero) is 2. The molecule has 0 N–H and O–H groups in total. The van der Waals surface area contributed by atoms with Crippen LogP contribution in [0.5, 0.6) is 5.75 Å². The van der Waals surface area contributed by atoms with E-state index in [1.807, 2.05) is 6.92 Å². The zero-order valence-electron chi connectivity index (χ0n) is 10.5. The summed E-state index contributed by atoms with van der Waals surface area (Å²) in [7, 11) is 0. The highest BCUT2D eigenvalue weighted by Crippen LogP contribution is 2.15. The molecule has 3 nitrogen and oxygen atoms in total. The Balaban J connectivity index is 2.73. The molecule has 1 rings (SSSR count). The largest absolute Gasteiger partial charge is 0.494 e. The van der Waals surface area contributed by atoms with Gasteiger partial charge in [-0.2, -0.15) is 0 Å². The van der Waals surface area contributed by atoms with Gasteiger partial charge in [0, 0.05) is 5.56 Å². The Labute approximate surface area is 102 Å². The first kappa shape index (κ1) is 13.4. The molecule has 0 fully saturated rings. The summed E-state index contributed by atoms with van der Waals surface area (Å²) >= 11 is 0. The number of ketones is 2. The SMILES string of the molecule is CCCOc1ccc(C(=O)C(C)C(C)=O)cc1. The van der Waals surface area contributed by atoms with Crippen LogP contribution < -0.4 is 4.74 Å². The molecule has 92 valence electrons. The quantitative estimate of drug-likeness (QED) is 0.561. The minimum atomic E-state index is -0.572. The average molecular weight is 234 g/mol. The molecule has 17 heavy (non-hydrogen) atoms. The van der Waals surface area contributed by atoms with E-state index in [1.54, 1.807) is 31.2 Å². The molecule has 3 heteroatoms. The Bertz CT molecular complexity index is 392. The fraction of sp³-hybridized carbons (Fsp3) is 0.429. The summed E-state index contributed by atoms with van der Waals surface area (Å²) in [4.78, 5) is 23.0. The van der Waals surface area contributed by atoms with E-state index in [0.717, 1.165) is 12.2 Å². The molecule has 0 spiro atoms. The Hall–Kier alpha value is -1.64. The number of ether oxygens (including phenoxy) is 1. The lowest BCUT2D eigenvalue weighted by molar-refractivity contribution is -0.118. The van der Waals surface area contributed by atoms with E-state index >= 15 is 0 Å². The van der Waals surface area contributed by atoms with Gasteiger partial charge >= 0.3 is 0 Å². The van der Waals surface area contributed by atoms with Crippen LogP contribution in [0.25, 0.3) is 0 Å². The second-order valence-electron chi connectivity index (χ2n) is 4.07. The summed E-state index contributed by atoms with van der Waals surface area (Å²) in [5, 5.41) is 0. The predicted octanol–water partition coefficient (Wildman–Crippen LogP) is 2.88. The van der Waals surface area contributed by atoms with Crippen molar-refractivity contribution in [2.45, 2.75) is 27.2 Å². The fourth-order valence-corrected chi connectivity index (χ4v) is 1.37. The van der Waals surface area contributed by atoms with Gasteiger partial charge in [-0.25, -0.2) is 0 Å². The van der Waals surface area contributed by atoms with E-state index in [0.29, 0.717) is 12.2 Å². The molecular weight excluding hydrogens is 216 g/mol. The summed E-state index contributed by atoms with van der Waals surface area (Å²) in [5.74, 6) is -0.0721. The summed E-state index contributed by atoms with van der Waals surface area (Å²) in [6.45, 7) is 5.76. The van der Waals surface area contributed by atoms with E-state index in [4.69, 9.17) is 4.74 Å². The molecule has 0 aromatic heterocycles. The molecule has 0 aliphatic carbocycles. The second-order valence-corrected chi connectivity index (χ2v) is 4.07. The van der Waals surface area contributed by atoms with Crippen LogP contribution >= 0.6 is 0 Å². The molecule has 0 saturated carbocycles. The molecule has 0 amide bonds. The molecule has 1 aromatic carbocycles. The van der Waals surface area contributed by atoms with Crippen LogP contribution in [0.15, 0.2) is 24.3 Å². The third-order valence-corrected chi connectivity index (χ3v) is 2.61. The van der Waals surface area contributed by atoms with Crippen LogP contribution in [0.2, 0.25) is 0 Å². The third-order valence-electron chi connectivity index (χ3n) is 2.61. The van der Waals surface area contributed by atoms with Gasteiger partial charge in [-0.05, 0) is 44.5 Å². The smallest absolute Gasteiger partial charge is 0.173 e. The highest BCUT2D eigenvalue weighted by atomic mass is 16.5. The van der Waals surface area contributed by atoms with Crippen molar-refractivity contribution in [3.63, 3.8) is 0 Å². The standard InChI is InChI=1S/C14H18O3/c1-4-9-17-13-7-5-12(6-8-13)14(16)10(2)11(3)15/h5-8,10H,4,9H2,1-3H3. The number of carbonyl (C=O) groups excluding carboxylic acids is 2. The Kier molecular flexibility index (Phi) is 4.88. The van der Waals surface area contributed by atoms with Gasteiger partial charge in [0.25, 0.3) is 0 Å². The third kappa shape index (κ3) is 3.70. The number of rotatable bonds is 6. The molecule has 0 heterocycles. The van der Waals surface area contributed by atoms with Crippen molar-refractivity contribution in [3.8, 4) is 5.75 Å². The lowest BCUT2D eigenvalue weighted by atomic mass is 9.96. The Morgan fingerprint density at radius 3 is 2.29 bits per heavy atom. The first-order valence-corrected chi connectivity index (χ1v) is 5.83. The first-order valence-electron chi connectivity index (χ1n) is 5.83. The van der Waals surface area contributed by atoms with Crippen LogP contribution in [0.1, 0.15) is 37.6 Å². The average Bonchev–Trinajstić information content (AvgIpc) is 2.35. The molecule has 0 radical (unpaired) electrons. The van der Waals surface area contributed by atoms with Gasteiger partial charge in [-0.3, -0.25) is 9.59 Å². The Morgan fingerprint density at radius 1 is 1.24 bits per heavy atom. The lowest BCUT2D eigenvalue weighted by Gasteiger charge is -2.08. The summed E-state index contributed by atoms with van der Waals surface area (Å²) < 4.78 is 5.42. The normalized spacial score (nSPS) is 11.9. The molecule has 1 unspecified atom stereocenters. The zero-order valence-corrected chi connectivity index (χ0v) is 10.5. The monoisotopic (exact) mass is 234 g/mol. The van der Waals surface area contributed by atoms with Gasteiger partial charge < -0.3 is 4.74 Å². The minimum Gasteiger partial charge on any atom is -0.494 e. The molecule has 0 aliphatic heterocycles. The van der Waals surface area contributed by atoms with E-state index in [1.165, 1.54) is 6.92 Å². The highest BCUT2D eigenvalue weighted by molar-refractivity contribution is 6.09. The first-order chi connectivity index (χ1) is 8.06. The van der Waals surface area contributed by atoms with Gasteiger partial charge in [0.1, 0.15) is 11.5 Å². The number of carbonyl (C=O) groups is 2. The molecular formula is C14H18O3. The summed E-state index contributed by atoms with van der Waals surface area (Å²) in [6, 6.07) is 6.92. The van der Waals surface area contributed by atoms with Crippen LogP contribution in [0.3, 0.4) is 0 Å². The van der Waals surface area contributed by atoms with Crippen molar-refractivity contribution in [1.82, 2.24) is 0 Å².